The molecule has 1 unspecified atom stereocenters. The molecular formula is C13H26N2O. The van der Waals surface area contributed by atoms with E-state index in [1.165, 1.54) is 0 Å². The summed E-state index contributed by atoms with van der Waals surface area (Å²) in [5, 5.41) is 3.37. The summed E-state index contributed by atoms with van der Waals surface area (Å²) in [6, 6.07) is 0.870. The minimum atomic E-state index is 0.0503. The van der Waals surface area contributed by atoms with E-state index >= 15 is 0 Å². The van der Waals surface area contributed by atoms with Gasteiger partial charge in [0, 0.05) is 18.6 Å². The van der Waals surface area contributed by atoms with Crippen molar-refractivity contribution >= 4 is 5.91 Å². The molecule has 1 rings (SSSR count). The van der Waals surface area contributed by atoms with Crippen LogP contribution in [-0.4, -0.2) is 35.5 Å². The molecule has 1 aliphatic rings. The topological polar surface area (TPSA) is 32.3 Å². The summed E-state index contributed by atoms with van der Waals surface area (Å²) in [5.74, 6) is 0.314. The first-order chi connectivity index (χ1) is 7.60. The highest BCUT2D eigenvalue weighted by molar-refractivity contribution is 5.83. The Kier molecular flexibility index (Phi) is 5.26. The van der Waals surface area contributed by atoms with E-state index in [0.717, 1.165) is 32.2 Å². The molecule has 1 amide bonds. The quantitative estimate of drug-likeness (QED) is 0.779. The number of rotatable bonds is 5. The van der Waals surface area contributed by atoms with Gasteiger partial charge in [0.15, 0.2) is 0 Å². The number of piperidine rings is 1. The zero-order valence-electron chi connectivity index (χ0n) is 11.1. The highest BCUT2D eigenvalue weighted by atomic mass is 16.2. The van der Waals surface area contributed by atoms with Crippen LogP contribution in [0.5, 0.6) is 0 Å². The van der Waals surface area contributed by atoms with Crippen LogP contribution in [0.25, 0.3) is 0 Å². The Balaban J connectivity index is 2.63. The zero-order chi connectivity index (χ0) is 12.1. The molecule has 1 saturated heterocycles. The van der Waals surface area contributed by atoms with Crippen molar-refractivity contribution in [1.82, 2.24) is 10.2 Å². The maximum atomic E-state index is 12.3. The molecule has 0 saturated carbocycles. The van der Waals surface area contributed by atoms with Crippen LogP contribution in [0.2, 0.25) is 0 Å². The van der Waals surface area contributed by atoms with Gasteiger partial charge < -0.3 is 10.2 Å². The van der Waals surface area contributed by atoms with E-state index in [9.17, 15) is 4.79 Å². The van der Waals surface area contributed by atoms with Crippen LogP contribution in [0.15, 0.2) is 0 Å². The van der Waals surface area contributed by atoms with Crippen molar-refractivity contribution in [2.75, 3.05) is 6.54 Å². The lowest BCUT2D eigenvalue weighted by molar-refractivity contribution is -0.138. The van der Waals surface area contributed by atoms with Gasteiger partial charge in [0.05, 0.1) is 6.04 Å². The van der Waals surface area contributed by atoms with E-state index in [1.54, 1.807) is 0 Å². The summed E-state index contributed by atoms with van der Waals surface area (Å²) in [6.45, 7) is 9.48. The normalized spacial score (nSPS) is 22.2. The number of carbonyl (C=O) groups excluding carboxylic acids is 1. The molecule has 1 N–H and O–H groups in total. The molecule has 0 bridgehead atoms. The molecule has 0 aromatic carbocycles. The van der Waals surface area contributed by atoms with Gasteiger partial charge in [-0.15, -0.1) is 0 Å². The third kappa shape index (κ3) is 3.21. The Morgan fingerprint density at radius 1 is 1.38 bits per heavy atom. The van der Waals surface area contributed by atoms with Crippen molar-refractivity contribution in [3.05, 3.63) is 0 Å². The second-order valence-electron chi connectivity index (χ2n) is 5.02. The van der Waals surface area contributed by atoms with Gasteiger partial charge in [0.25, 0.3) is 0 Å². The van der Waals surface area contributed by atoms with Gasteiger partial charge in [-0.25, -0.2) is 0 Å². The molecular weight excluding hydrogens is 200 g/mol. The molecule has 3 heteroatoms. The van der Waals surface area contributed by atoms with E-state index in [0.29, 0.717) is 18.0 Å². The van der Waals surface area contributed by atoms with E-state index in [4.69, 9.17) is 0 Å². The molecule has 16 heavy (non-hydrogen) atoms. The fourth-order valence-electron chi connectivity index (χ4n) is 2.55. The Bertz CT molecular complexity index is 224. The molecule has 1 aliphatic heterocycles. The lowest BCUT2D eigenvalue weighted by Gasteiger charge is -2.38. The van der Waals surface area contributed by atoms with Gasteiger partial charge in [0.1, 0.15) is 0 Å². The molecule has 1 heterocycles. The summed E-state index contributed by atoms with van der Waals surface area (Å²) in [7, 11) is 0. The van der Waals surface area contributed by atoms with E-state index in [2.05, 4.69) is 37.9 Å². The summed E-state index contributed by atoms with van der Waals surface area (Å²) in [6.07, 6.45) is 4.26. The molecule has 1 fully saturated rings. The maximum Gasteiger partial charge on any atom is 0.239 e. The van der Waals surface area contributed by atoms with Gasteiger partial charge in [-0.3, -0.25) is 4.79 Å². The fourth-order valence-corrected chi connectivity index (χ4v) is 2.55. The molecule has 0 radical (unpaired) electrons. The van der Waals surface area contributed by atoms with E-state index in [-0.39, 0.29) is 6.04 Å². The smallest absolute Gasteiger partial charge is 0.239 e. The lowest BCUT2D eigenvalue weighted by Crippen LogP contribution is -2.55. The molecule has 1 atom stereocenters. The number of carbonyl (C=O) groups is 1. The number of amides is 1. The van der Waals surface area contributed by atoms with Crippen LogP contribution in [0.3, 0.4) is 0 Å². The zero-order valence-corrected chi connectivity index (χ0v) is 11.1. The first-order valence-electron chi connectivity index (χ1n) is 6.66. The van der Waals surface area contributed by atoms with Crippen LogP contribution in [0, 0.1) is 0 Å². The first kappa shape index (κ1) is 13.5. The largest absolute Gasteiger partial charge is 0.338 e. The SMILES string of the molecule is CCC(CC)N1CCCC(NC(C)C)C1=O. The molecule has 0 aliphatic carbocycles. The van der Waals surface area contributed by atoms with Crippen LogP contribution in [0.1, 0.15) is 53.4 Å². The van der Waals surface area contributed by atoms with Crippen molar-refractivity contribution in [1.29, 1.82) is 0 Å². The minimum absolute atomic E-state index is 0.0503. The third-order valence-corrected chi connectivity index (χ3v) is 3.39. The van der Waals surface area contributed by atoms with Crippen LogP contribution >= 0.6 is 0 Å². The van der Waals surface area contributed by atoms with Crippen LogP contribution < -0.4 is 5.32 Å². The number of hydrogen-bond acceptors (Lipinski definition) is 2. The average molecular weight is 226 g/mol. The van der Waals surface area contributed by atoms with Gasteiger partial charge in [-0.2, -0.15) is 0 Å². The Morgan fingerprint density at radius 3 is 2.50 bits per heavy atom. The average Bonchev–Trinajstić information content (AvgIpc) is 2.24. The molecule has 0 aromatic heterocycles. The fraction of sp³-hybridized carbons (Fsp3) is 0.923. The third-order valence-electron chi connectivity index (χ3n) is 3.39. The number of nitrogens with one attached hydrogen (secondary N) is 1. The number of nitrogens with zero attached hydrogens (tertiary/aromatic N) is 1. The molecule has 0 aromatic rings. The molecule has 94 valence electrons. The summed E-state index contributed by atoms with van der Waals surface area (Å²) < 4.78 is 0. The Hall–Kier alpha value is -0.570. The first-order valence-corrected chi connectivity index (χ1v) is 6.66. The van der Waals surface area contributed by atoms with Gasteiger partial charge in [-0.05, 0) is 25.7 Å². The summed E-state index contributed by atoms with van der Waals surface area (Å²) in [4.78, 5) is 14.4. The Labute approximate surface area is 99.6 Å². The Morgan fingerprint density at radius 2 is 2.00 bits per heavy atom. The molecule has 0 spiro atoms. The van der Waals surface area contributed by atoms with Gasteiger partial charge in [-0.1, -0.05) is 27.7 Å². The van der Waals surface area contributed by atoms with Crippen LogP contribution in [-0.2, 0) is 4.79 Å². The van der Waals surface area contributed by atoms with Crippen molar-refractivity contribution in [2.24, 2.45) is 0 Å². The highest BCUT2D eigenvalue weighted by Gasteiger charge is 2.31. The summed E-state index contributed by atoms with van der Waals surface area (Å²) >= 11 is 0. The number of likely N-dealkylation sites (tertiary alicyclic amines) is 1. The van der Waals surface area contributed by atoms with Crippen molar-refractivity contribution in [3.8, 4) is 0 Å². The summed E-state index contributed by atoms with van der Waals surface area (Å²) in [5.41, 5.74) is 0. The van der Waals surface area contributed by atoms with E-state index < -0.39 is 0 Å². The second kappa shape index (κ2) is 6.24. The standard InChI is InChI=1S/C13H26N2O/c1-5-11(6-2)15-9-7-8-12(13(15)16)14-10(3)4/h10-12,14H,5-9H2,1-4H3. The predicted molar refractivity (Wildman–Crippen MR) is 67.4 cm³/mol. The number of hydrogen-bond donors (Lipinski definition) is 1. The van der Waals surface area contributed by atoms with E-state index in [1.807, 2.05) is 0 Å². The van der Waals surface area contributed by atoms with Crippen molar-refractivity contribution < 1.29 is 4.79 Å². The maximum absolute atomic E-state index is 12.3. The van der Waals surface area contributed by atoms with Crippen molar-refractivity contribution in [3.63, 3.8) is 0 Å². The molecule has 3 nitrogen and oxygen atoms in total. The predicted octanol–water partition coefficient (Wildman–Crippen LogP) is 2.16. The van der Waals surface area contributed by atoms with Crippen LogP contribution in [0.4, 0.5) is 0 Å². The monoisotopic (exact) mass is 226 g/mol. The van der Waals surface area contributed by atoms with Gasteiger partial charge >= 0.3 is 0 Å². The van der Waals surface area contributed by atoms with Crippen molar-refractivity contribution in [2.45, 2.75) is 71.5 Å². The van der Waals surface area contributed by atoms with Gasteiger partial charge in [0.2, 0.25) is 5.91 Å². The second-order valence-corrected chi connectivity index (χ2v) is 5.02. The highest BCUT2D eigenvalue weighted by Crippen LogP contribution is 2.18. The minimum Gasteiger partial charge on any atom is -0.338 e. The lowest BCUT2D eigenvalue weighted by atomic mass is 10.00.